The number of aromatic hydroxyl groups is 1. The number of hydrogen-bond donors (Lipinski definition) is 1. The number of aliphatic imine (C=N–C) groups is 1. The number of nitro groups is 1. The third kappa shape index (κ3) is 2.83. The normalized spacial score (nSPS) is 11.2. The quantitative estimate of drug-likeness (QED) is 0.512. The molecule has 0 aliphatic heterocycles. The van der Waals surface area contributed by atoms with Gasteiger partial charge in [-0.25, -0.2) is 4.79 Å². The van der Waals surface area contributed by atoms with Crippen LogP contribution in [-0.2, 0) is 14.1 Å². The summed E-state index contributed by atoms with van der Waals surface area (Å²) in [4.78, 5) is 38.4. The highest BCUT2D eigenvalue weighted by Gasteiger charge is 2.15. The van der Waals surface area contributed by atoms with Crippen LogP contribution in [0.15, 0.2) is 26.7 Å². The van der Waals surface area contributed by atoms with Crippen LogP contribution in [0.5, 0.6) is 5.88 Å². The van der Waals surface area contributed by atoms with Gasteiger partial charge in [0.1, 0.15) is 5.56 Å². The zero-order chi connectivity index (χ0) is 18.2. The summed E-state index contributed by atoms with van der Waals surface area (Å²) in [6.45, 7) is 3.23. The number of nitro benzene ring substituents is 1. The molecule has 0 atom stereocenters. The Morgan fingerprint density at radius 2 is 1.79 bits per heavy atom. The van der Waals surface area contributed by atoms with Crippen LogP contribution >= 0.6 is 0 Å². The van der Waals surface area contributed by atoms with Gasteiger partial charge in [0.05, 0.1) is 10.6 Å². The van der Waals surface area contributed by atoms with Gasteiger partial charge in [0.25, 0.3) is 11.2 Å². The molecule has 126 valence electrons. The third-order valence-electron chi connectivity index (χ3n) is 3.71. The summed E-state index contributed by atoms with van der Waals surface area (Å²) < 4.78 is 1.78. The number of nitrogens with zero attached hydrogens (tertiary/aromatic N) is 4. The van der Waals surface area contributed by atoms with E-state index in [4.69, 9.17) is 0 Å². The van der Waals surface area contributed by atoms with Gasteiger partial charge in [0, 0.05) is 31.9 Å². The molecule has 0 aliphatic rings. The van der Waals surface area contributed by atoms with Crippen molar-refractivity contribution in [2.24, 2.45) is 19.1 Å². The van der Waals surface area contributed by atoms with Crippen molar-refractivity contribution in [3.63, 3.8) is 0 Å². The molecule has 1 aromatic carbocycles. The van der Waals surface area contributed by atoms with E-state index in [0.717, 1.165) is 15.3 Å². The molecule has 9 nitrogen and oxygen atoms in total. The van der Waals surface area contributed by atoms with Gasteiger partial charge >= 0.3 is 5.69 Å². The summed E-state index contributed by atoms with van der Waals surface area (Å²) in [5, 5.41) is 20.9. The Kier molecular flexibility index (Phi) is 4.36. The topological polar surface area (TPSA) is 120 Å². The standard InChI is InChI=1S/C15H16N4O5/c1-8-6-12(19(23)24)9(2)5-11(8)16-7-10-13(20)17(3)15(22)18(4)14(10)21/h5-7,20H,1-4H3. The minimum absolute atomic E-state index is 0.0210. The highest BCUT2D eigenvalue weighted by molar-refractivity contribution is 5.84. The van der Waals surface area contributed by atoms with Crippen molar-refractivity contribution >= 4 is 17.6 Å². The molecule has 1 heterocycles. The van der Waals surface area contributed by atoms with Crippen molar-refractivity contribution in [2.75, 3.05) is 0 Å². The smallest absolute Gasteiger partial charge is 0.333 e. The molecule has 0 fully saturated rings. The minimum Gasteiger partial charge on any atom is -0.494 e. The minimum atomic E-state index is -0.685. The number of rotatable bonds is 3. The van der Waals surface area contributed by atoms with Crippen LogP contribution in [0.1, 0.15) is 16.7 Å². The number of aryl methyl sites for hydroxylation is 2. The van der Waals surface area contributed by atoms with Crippen LogP contribution in [0.3, 0.4) is 0 Å². The fraction of sp³-hybridized carbons (Fsp3) is 0.267. The van der Waals surface area contributed by atoms with E-state index in [0.29, 0.717) is 16.8 Å². The van der Waals surface area contributed by atoms with Gasteiger partial charge in [-0.2, -0.15) is 0 Å². The zero-order valence-electron chi connectivity index (χ0n) is 13.6. The van der Waals surface area contributed by atoms with E-state index < -0.39 is 22.1 Å². The van der Waals surface area contributed by atoms with Crippen LogP contribution in [-0.4, -0.2) is 25.4 Å². The Hall–Kier alpha value is -3.23. The van der Waals surface area contributed by atoms with Crippen molar-refractivity contribution in [3.8, 4) is 5.88 Å². The molecular formula is C15H16N4O5. The van der Waals surface area contributed by atoms with E-state index in [1.165, 1.54) is 26.2 Å². The van der Waals surface area contributed by atoms with Gasteiger partial charge < -0.3 is 5.11 Å². The molecule has 0 unspecified atom stereocenters. The van der Waals surface area contributed by atoms with Gasteiger partial charge in [0.15, 0.2) is 0 Å². The molecule has 2 rings (SSSR count). The molecule has 24 heavy (non-hydrogen) atoms. The van der Waals surface area contributed by atoms with Crippen LogP contribution in [0, 0.1) is 24.0 Å². The van der Waals surface area contributed by atoms with Crippen LogP contribution in [0.4, 0.5) is 11.4 Å². The molecule has 0 aliphatic carbocycles. The van der Waals surface area contributed by atoms with Gasteiger partial charge in [-0.1, -0.05) is 0 Å². The Balaban J connectivity index is 2.58. The molecule has 1 aromatic heterocycles. The maximum Gasteiger partial charge on any atom is 0.333 e. The second kappa shape index (κ2) is 6.11. The molecule has 0 radical (unpaired) electrons. The maximum absolute atomic E-state index is 12.1. The predicted molar refractivity (Wildman–Crippen MR) is 88.4 cm³/mol. The van der Waals surface area contributed by atoms with Gasteiger partial charge in [-0.15, -0.1) is 0 Å². The first-order chi connectivity index (χ1) is 11.1. The fourth-order valence-corrected chi connectivity index (χ4v) is 2.23. The summed E-state index contributed by atoms with van der Waals surface area (Å²) in [6, 6.07) is 2.91. The SMILES string of the molecule is Cc1cc([N+](=O)[O-])c(C)cc1N=Cc1c(O)n(C)c(=O)n(C)c1=O. The average molecular weight is 332 g/mol. The van der Waals surface area contributed by atoms with E-state index in [1.807, 2.05) is 0 Å². The fourth-order valence-electron chi connectivity index (χ4n) is 2.23. The first kappa shape index (κ1) is 17.1. The van der Waals surface area contributed by atoms with Crippen molar-refractivity contribution < 1.29 is 10.0 Å². The van der Waals surface area contributed by atoms with Crippen molar-refractivity contribution in [3.05, 3.63) is 59.8 Å². The lowest BCUT2D eigenvalue weighted by Gasteiger charge is -2.07. The molecule has 2 aromatic rings. The lowest BCUT2D eigenvalue weighted by molar-refractivity contribution is -0.385. The summed E-state index contributed by atoms with van der Waals surface area (Å²) >= 11 is 0. The van der Waals surface area contributed by atoms with Crippen molar-refractivity contribution in [1.82, 2.24) is 9.13 Å². The summed E-state index contributed by atoms with van der Waals surface area (Å²) in [5.41, 5.74) is -0.108. The third-order valence-corrected chi connectivity index (χ3v) is 3.71. The second-order valence-electron chi connectivity index (χ2n) is 5.38. The van der Waals surface area contributed by atoms with E-state index in [-0.39, 0.29) is 11.3 Å². The zero-order valence-corrected chi connectivity index (χ0v) is 13.6. The lowest BCUT2D eigenvalue weighted by Crippen LogP contribution is -2.38. The Morgan fingerprint density at radius 1 is 1.17 bits per heavy atom. The second-order valence-corrected chi connectivity index (χ2v) is 5.38. The van der Waals surface area contributed by atoms with Crippen molar-refractivity contribution in [2.45, 2.75) is 13.8 Å². The first-order valence-electron chi connectivity index (χ1n) is 6.93. The summed E-state index contributed by atoms with van der Waals surface area (Å²) in [7, 11) is 2.62. The van der Waals surface area contributed by atoms with Crippen LogP contribution < -0.4 is 11.2 Å². The lowest BCUT2D eigenvalue weighted by atomic mass is 10.1. The van der Waals surface area contributed by atoms with Gasteiger partial charge in [0.2, 0.25) is 5.88 Å². The molecule has 0 saturated carbocycles. The van der Waals surface area contributed by atoms with E-state index >= 15 is 0 Å². The molecule has 0 bridgehead atoms. The number of benzene rings is 1. The molecule has 9 heteroatoms. The molecule has 0 amide bonds. The first-order valence-corrected chi connectivity index (χ1v) is 6.93. The Morgan fingerprint density at radius 3 is 2.38 bits per heavy atom. The van der Waals surface area contributed by atoms with E-state index in [2.05, 4.69) is 4.99 Å². The molecule has 1 N–H and O–H groups in total. The number of aromatic nitrogens is 2. The molecule has 0 spiro atoms. The predicted octanol–water partition coefficient (Wildman–Crippen LogP) is 1.07. The largest absolute Gasteiger partial charge is 0.494 e. The van der Waals surface area contributed by atoms with Gasteiger partial charge in [-0.3, -0.25) is 29.0 Å². The van der Waals surface area contributed by atoms with Crippen LogP contribution in [0.2, 0.25) is 0 Å². The molecular weight excluding hydrogens is 316 g/mol. The number of hydrogen-bond acceptors (Lipinski definition) is 6. The Bertz CT molecular complexity index is 985. The highest BCUT2D eigenvalue weighted by atomic mass is 16.6. The average Bonchev–Trinajstić information content (AvgIpc) is 2.53. The monoisotopic (exact) mass is 332 g/mol. The van der Waals surface area contributed by atoms with Gasteiger partial charge in [-0.05, 0) is 25.5 Å². The highest BCUT2D eigenvalue weighted by Crippen LogP contribution is 2.27. The van der Waals surface area contributed by atoms with E-state index in [9.17, 15) is 24.8 Å². The Labute approximate surface area is 136 Å². The van der Waals surface area contributed by atoms with E-state index in [1.54, 1.807) is 13.8 Å². The maximum atomic E-state index is 12.1. The van der Waals surface area contributed by atoms with Crippen LogP contribution in [0.25, 0.3) is 0 Å². The van der Waals surface area contributed by atoms with Crippen molar-refractivity contribution in [1.29, 1.82) is 0 Å². The molecule has 0 saturated heterocycles. The summed E-state index contributed by atoms with van der Waals surface area (Å²) in [5.74, 6) is -0.497. The summed E-state index contributed by atoms with van der Waals surface area (Å²) in [6.07, 6.45) is 1.14.